The van der Waals surface area contributed by atoms with Gasteiger partial charge >= 0.3 is 5.97 Å². The number of esters is 1. The second kappa shape index (κ2) is 7.33. The molecule has 0 aliphatic rings. The van der Waals surface area contributed by atoms with Gasteiger partial charge in [-0.05, 0) is 24.7 Å². The summed E-state index contributed by atoms with van der Waals surface area (Å²) in [6.07, 6.45) is 1.38. The summed E-state index contributed by atoms with van der Waals surface area (Å²) in [5, 5.41) is 17.5. The molecular weight excluding hydrogens is 320 g/mol. The largest absolute Gasteiger partial charge is 0.493 e. The number of aromatic hydroxyl groups is 1. The summed E-state index contributed by atoms with van der Waals surface area (Å²) in [5.74, 6) is -0.619. The van der Waals surface area contributed by atoms with Crippen molar-refractivity contribution in [3.05, 3.63) is 44.7 Å². The fourth-order valence-electron chi connectivity index (χ4n) is 2.12. The number of hydrogen-bond donors (Lipinski definition) is 2. The van der Waals surface area contributed by atoms with Gasteiger partial charge in [0, 0.05) is 12.6 Å². The highest BCUT2D eigenvalue weighted by molar-refractivity contribution is 7.73. The van der Waals surface area contributed by atoms with E-state index < -0.39 is 12.0 Å². The normalized spacial score (nSPS) is 11.9. The van der Waals surface area contributed by atoms with Crippen LogP contribution in [0.1, 0.15) is 23.4 Å². The van der Waals surface area contributed by atoms with Gasteiger partial charge in [0.25, 0.3) is 0 Å². The number of nitrogens with one attached hydrogen (secondary N) is 1. The number of nitrogens with zero attached hydrogens (tertiary/aromatic N) is 1. The first kappa shape index (κ1) is 16.4. The van der Waals surface area contributed by atoms with Crippen LogP contribution in [0.15, 0.2) is 30.3 Å². The first-order valence-corrected chi connectivity index (χ1v) is 7.96. The first-order chi connectivity index (χ1) is 10.6. The number of benzene rings is 1. The van der Waals surface area contributed by atoms with E-state index in [4.69, 9.17) is 22.4 Å². The van der Waals surface area contributed by atoms with Gasteiger partial charge < -0.3 is 15.3 Å². The molecule has 0 aliphatic carbocycles. The summed E-state index contributed by atoms with van der Waals surface area (Å²) in [6.45, 7) is 1.98. The van der Waals surface area contributed by atoms with E-state index in [0.717, 1.165) is 23.1 Å². The number of ether oxygens (including phenoxy) is 1. The molecule has 0 bridgehead atoms. The van der Waals surface area contributed by atoms with Crippen LogP contribution in [0.2, 0.25) is 0 Å². The van der Waals surface area contributed by atoms with Crippen molar-refractivity contribution in [1.82, 2.24) is 4.57 Å². The molecule has 5 nitrogen and oxygen atoms in total. The third kappa shape index (κ3) is 3.42. The number of aromatic nitrogens is 1. The van der Waals surface area contributed by atoms with E-state index in [9.17, 15) is 9.90 Å². The average Bonchev–Trinajstić information content (AvgIpc) is 2.80. The van der Waals surface area contributed by atoms with Crippen LogP contribution >= 0.6 is 23.6 Å². The van der Waals surface area contributed by atoms with Crippen LogP contribution in [-0.2, 0) is 16.0 Å². The number of rotatable bonds is 6. The van der Waals surface area contributed by atoms with E-state index in [1.165, 1.54) is 4.57 Å². The third-order valence-corrected chi connectivity index (χ3v) is 4.45. The molecule has 2 aromatic rings. The van der Waals surface area contributed by atoms with Gasteiger partial charge in [-0.1, -0.05) is 41.7 Å². The monoisotopic (exact) mass is 336 g/mol. The molecule has 0 saturated heterocycles. The zero-order valence-electron chi connectivity index (χ0n) is 12.0. The van der Waals surface area contributed by atoms with Crippen molar-refractivity contribution in [2.75, 3.05) is 6.61 Å². The average molecular weight is 336 g/mol. The maximum Gasteiger partial charge on any atom is 0.329 e. The summed E-state index contributed by atoms with van der Waals surface area (Å²) >= 11 is 6.33. The maximum atomic E-state index is 12.3. The van der Waals surface area contributed by atoms with Crippen LogP contribution in [0.5, 0.6) is 5.88 Å². The van der Waals surface area contributed by atoms with Gasteiger partial charge in [0.05, 0.1) is 6.61 Å². The zero-order valence-corrected chi connectivity index (χ0v) is 13.6. The van der Waals surface area contributed by atoms with Gasteiger partial charge in [-0.3, -0.25) is 4.57 Å². The molecule has 1 atom stereocenters. The predicted octanol–water partition coefficient (Wildman–Crippen LogP) is 3.33. The Labute approximate surface area is 137 Å². The highest BCUT2D eigenvalue weighted by Gasteiger charge is 2.27. The van der Waals surface area contributed by atoms with E-state index in [1.807, 2.05) is 30.3 Å². The second-order valence-electron chi connectivity index (χ2n) is 4.53. The molecule has 2 N–H and O–H groups in total. The molecule has 0 amide bonds. The van der Waals surface area contributed by atoms with E-state index in [2.05, 4.69) is 0 Å². The lowest BCUT2D eigenvalue weighted by Gasteiger charge is -2.18. The summed E-state index contributed by atoms with van der Waals surface area (Å²) in [7, 11) is 0. The number of carbonyl (C=O) groups is 1. The number of thiazole rings is 1. The zero-order chi connectivity index (χ0) is 16.1. The SMILES string of the molecule is CCOC(=O)[C@@H](Cc1ccccc1)n1c(O)c(C=N)sc1=S. The van der Waals surface area contributed by atoms with Crippen LogP contribution < -0.4 is 0 Å². The second-order valence-corrected chi connectivity index (χ2v) is 6.20. The van der Waals surface area contributed by atoms with Crippen molar-refractivity contribution in [2.45, 2.75) is 19.4 Å². The molecule has 0 fully saturated rings. The predicted molar refractivity (Wildman–Crippen MR) is 88.5 cm³/mol. The molecule has 2 rings (SSSR count). The van der Waals surface area contributed by atoms with Crippen molar-refractivity contribution >= 4 is 35.7 Å². The van der Waals surface area contributed by atoms with Crippen molar-refractivity contribution in [3.63, 3.8) is 0 Å². The Morgan fingerprint density at radius 3 is 2.73 bits per heavy atom. The Balaban J connectivity index is 2.45. The van der Waals surface area contributed by atoms with Gasteiger partial charge in [0.1, 0.15) is 10.9 Å². The molecule has 0 spiro atoms. The van der Waals surface area contributed by atoms with Crippen molar-refractivity contribution < 1.29 is 14.6 Å². The van der Waals surface area contributed by atoms with E-state index in [1.54, 1.807) is 6.92 Å². The molecule has 116 valence electrons. The molecule has 1 aromatic carbocycles. The van der Waals surface area contributed by atoms with Gasteiger partial charge in [-0.2, -0.15) is 0 Å². The van der Waals surface area contributed by atoms with Crippen molar-refractivity contribution in [1.29, 1.82) is 5.41 Å². The lowest BCUT2D eigenvalue weighted by Crippen LogP contribution is -2.24. The first-order valence-electron chi connectivity index (χ1n) is 6.73. The topological polar surface area (TPSA) is 75.3 Å². The van der Waals surface area contributed by atoms with Crippen LogP contribution in [0, 0.1) is 9.36 Å². The quantitative estimate of drug-likeness (QED) is 0.482. The highest BCUT2D eigenvalue weighted by Crippen LogP contribution is 2.30. The molecule has 7 heteroatoms. The Kier molecular flexibility index (Phi) is 5.46. The minimum Gasteiger partial charge on any atom is -0.493 e. The molecule has 0 aliphatic heterocycles. The van der Waals surface area contributed by atoms with Crippen molar-refractivity contribution in [3.8, 4) is 5.88 Å². The fraction of sp³-hybridized carbons (Fsp3) is 0.267. The van der Waals surface area contributed by atoms with Gasteiger partial charge in [-0.25, -0.2) is 4.79 Å². The molecule has 22 heavy (non-hydrogen) atoms. The standard InChI is InChI=1S/C15H16N2O3S2/c1-2-20-14(19)11(8-10-6-4-3-5-7-10)17-13(18)12(9-16)22-15(17)21/h3-7,9,11,16,18H,2,8H2,1H3/t11-/m1/s1. The molecule has 0 unspecified atom stereocenters. The van der Waals surface area contributed by atoms with Gasteiger partial charge in [-0.15, -0.1) is 0 Å². The minimum atomic E-state index is -0.750. The maximum absolute atomic E-state index is 12.3. The Bertz CT molecular complexity index is 722. The Morgan fingerprint density at radius 2 is 2.18 bits per heavy atom. The smallest absolute Gasteiger partial charge is 0.329 e. The van der Waals surface area contributed by atoms with Crippen LogP contribution in [-0.4, -0.2) is 28.5 Å². The Hall–Kier alpha value is -1.99. The summed E-state index contributed by atoms with van der Waals surface area (Å²) in [4.78, 5) is 12.6. The molecule has 1 aromatic heterocycles. The molecular formula is C15H16N2O3S2. The summed E-state index contributed by atoms with van der Waals surface area (Å²) < 4.78 is 6.82. The molecule has 0 saturated carbocycles. The Morgan fingerprint density at radius 1 is 1.50 bits per heavy atom. The molecule has 1 heterocycles. The summed E-state index contributed by atoms with van der Waals surface area (Å²) in [5.41, 5.74) is 0.935. The van der Waals surface area contributed by atoms with Crippen LogP contribution in [0.25, 0.3) is 0 Å². The van der Waals surface area contributed by atoms with E-state index >= 15 is 0 Å². The highest BCUT2D eigenvalue weighted by atomic mass is 32.1. The molecule has 0 radical (unpaired) electrons. The lowest BCUT2D eigenvalue weighted by molar-refractivity contribution is -0.147. The van der Waals surface area contributed by atoms with Crippen LogP contribution in [0.3, 0.4) is 0 Å². The summed E-state index contributed by atoms with van der Waals surface area (Å²) in [6, 6.07) is 8.71. The van der Waals surface area contributed by atoms with Gasteiger partial charge in [0.15, 0.2) is 3.95 Å². The van der Waals surface area contributed by atoms with E-state index in [-0.39, 0.29) is 12.5 Å². The lowest BCUT2D eigenvalue weighted by atomic mass is 10.1. The van der Waals surface area contributed by atoms with Crippen LogP contribution in [0.4, 0.5) is 0 Å². The fourth-order valence-corrected chi connectivity index (χ4v) is 3.35. The number of hydrogen-bond acceptors (Lipinski definition) is 6. The third-order valence-electron chi connectivity index (χ3n) is 3.12. The van der Waals surface area contributed by atoms with E-state index in [0.29, 0.717) is 15.3 Å². The number of carbonyl (C=O) groups excluding carboxylic acids is 1. The minimum absolute atomic E-state index is 0.168. The van der Waals surface area contributed by atoms with Gasteiger partial charge in [0.2, 0.25) is 5.88 Å². The van der Waals surface area contributed by atoms with Crippen molar-refractivity contribution in [2.24, 2.45) is 0 Å².